The first-order chi connectivity index (χ1) is 8.56. The van der Waals surface area contributed by atoms with Gasteiger partial charge >= 0.3 is 5.97 Å². The fourth-order valence-corrected chi connectivity index (χ4v) is 2.16. The molecule has 1 saturated heterocycles. The van der Waals surface area contributed by atoms with Gasteiger partial charge in [-0.2, -0.15) is 0 Å². The van der Waals surface area contributed by atoms with Crippen LogP contribution in [0.25, 0.3) is 0 Å². The van der Waals surface area contributed by atoms with E-state index in [2.05, 4.69) is 4.90 Å². The van der Waals surface area contributed by atoms with Crippen LogP contribution in [-0.2, 0) is 11.3 Å². The average Bonchev–Trinajstić information content (AvgIpc) is 2.78. The summed E-state index contributed by atoms with van der Waals surface area (Å²) in [5.41, 5.74) is 1.04. The maximum atomic E-state index is 10.8. The van der Waals surface area contributed by atoms with Crippen molar-refractivity contribution in [2.75, 3.05) is 13.1 Å². The van der Waals surface area contributed by atoms with Crippen LogP contribution in [0.15, 0.2) is 24.3 Å². The van der Waals surface area contributed by atoms with Crippen molar-refractivity contribution >= 4 is 24.1 Å². The molecule has 1 aliphatic rings. The van der Waals surface area contributed by atoms with Crippen LogP contribution < -0.4 is 0 Å². The molecule has 0 radical (unpaired) electrons. The molecule has 0 amide bonds. The molecule has 1 aromatic rings. The molecule has 1 aliphatic heterocycles. The molecule has 0 aromatic heterocycles. The minimum absolute atomic E-state index is 0. The Hall–Kier alpha value is -1.66. The number of likely N-dealkylation sites (tertiary alicyclic amines) is 1. The summed E-state index contributed by atoms with van der Waals surface area (Å²) in [5, 5.41) is 19.4. The van der Waals surface area contributed by atoms with Crippen LogP contribution in [0.2, 0.25) is 0 Å². The predicted molar refractivity (Wildman–Crippen MR) is 71.4 cm³/mol. The molecule has 1 heterocycles. The number of benzene rings is 1. The number of carbonyl (C=O) groups is 1. The first-order valence-electron chi connectivity index (χ1n) is 5.75. The van der Waals surface area contributed by atoms with Gasteiger partial charge in [-0.15, -0.1) is 12.4 Å². The summed E-state index contributed by atoms with van der Waals surface area (Å²) in [4.78, 5) is 22.9. The van der Waals surface area contributed by atoms with Gasteiger partial charge in [0.05, 0.1) is 10.8 Å². The zero-order valence-corrected chi connectivity index (χ0v) is 11.0. The van der Waals surface area contributed by atoms with Crippen LogP contribution in [0.3, 0.4) is 0 Å². The van der Waals surface area contributed by atoms with E-state index in [1.807, 2.05) is 0 Å². The molecular weight excluding hydrogens is 272 g/mol. The molecule has 0 spiro atoms. The molecule has 7 heteroatoms. The van der Waals surface area contributed by atoms with E-state index in [1.165, 1.54) is 12.1 Å². The Labute approximate surface area is 116 Å². The lowest BCUT2D eigenvalue weighted by atomic mass is 10.1. The quantitative estimate of drug-likeness (QED) is 0.675. The van der Waals surface area contributed by atoms with Crippen molar-refractivity contribution in [1.29, 1.82) is 0 Å². The van der Waals surface area contributed by atoms with Gasteiger partial charge in [-0.05, 0) is 18.5 Å². The van der Waals surface area contributed by atoms with E-state index in [0.717, 1.165) is 12.1 Å². The molecule has 1 fully saturated rings. The van der Waals surface area contributed by atoms with E-state index >= 15 is 0 Å². The van der Waals surface area contributed by atoms with E-state index < -0.39 is 10.9 Å². The molecule has 1 unspecified atom stereocenters. The Morgan fingerprint density at radius 1 is 1.42 bits per heavy atom. The number of rotatable bonds is 4. The highest BCUT2D eigenvalue weighted by molar-refractivity contribution is 5.85. The molecule has 0 bridgehead atoms. The summed E-state index contributed by atoms with van der Waals surface area (Å²) in [6.45, 7) is 1.95. The summed E-state index contributed by atoms with van der Waals surface area (Å²) >= 11 is 0. The molecule has 6 nitrogen and oxygen atoms in total. The van der Waals surface area contributed by atoms with Gasteiger partial charge in [0.1, 0.15) is 0 Å². The number of nitrogens with zero attached hydrogens (tertiary/aromatic N) is 2. The number of non-ortho nitro benzene ring substituents is 1. The van der Waals surface area contributed by atoms with Crippen molar-refractivity contribution in [2.24, 2.45) is 5.92 Å². The summed E-state index contributed by atoms with van der Waals surface area (Å²) in [5.74, 6) is -1.04. The molecule has 1 aromatic carbocycles. The van der Waals surface area contributed by atoms with E-state index in [-0.39, 0.29) is 24.0 Å². The molecule has 104 valence electrons. The fourth-order valence-electron chi connectivity index (χ4n) is 2.16. The molecular formula is C12H15ClN2O4. The van der Waals surface area contributed by atoms with Crippen molar-refractivity contribution in [3.63, 3.8) is 0 Å². The Kier molecular flexibility index (Phi) is 5.26. The molecule has 0 saturated carbocycles. The number of halogens is 1. The summed E-state index contributed by atoms with van der Waals surface area (Å²) < 4.78 is 0. The smallest absolute Gasteiger partial charge is 0.307 e. The molecule has 1 N–H and O–H groups in total. The zero-order chi connectivity index (χ0) is 13.1. The van der Waals surface area contributed by atoms with Crippen LogP contribution in [0.1, 0.15) is 12.0 Å². The third-order valence-corrected chi connectivity index (χ3v) is 3.17. The first kappa shape index (κ1) is 15.4. The third-order valence-electron chi connectivity index (χ3n) is 3.17. The second kappa shape index (κ2) is 6.49. The average molecular weight is 287 g/mol. The van der Waals surface area contributed by atoms with Crippen LogP contribution in [0, 0.1) is 16.0 Å². The Bertz CT molecular complexity index is 463. The lowest BCUT2D eigenvalue weighted by molar-refractivity contribution is -0.384. The monoisotopic (exact) mass is 286 g/mol. The van der Waals surface area contributed by atoms with Crippen molar-refractivity contribution in [2.45, 2.75) is 13.0 Å². The Balaban J connectivity index is 0.00000180. The number of nitro benzene ring substituents is 1. The van der Waals surface area contributed by atoms with Crippen LogP contribution >= 0.6 is 12.4 Å². The molecule has 1 atom stereocenters. The van der Waals surface area contributed by atoms with Gasteiger partial charge in [0.15, 0.2) is 0 Å². The minimum Gasteiger partial charge on any atom is -0.481 e. The Morgan fingerprint density at radius 2 is 2.05 bits per heavy atom. The van der Waals surface area contributed by atoms with E-state index in [4.69, 9.17) is 5.11 Å². The molecule has 19 heavy (non-hydrogen) atoms. The zero-order valence-electron chi connectivity index (χ0n) is 10.2. The van der Waals surface area contributed by atoms with Crippen LogP contribution in [0.5, 0.6) is 0 Å². The van der Waals surface area contributed by atoms with Crippen molar-refractivity contribution < 1.29 is 14.8 Å². The predicted octanol–water partition coefficient (Wildman–Crippen LogP) is 1.92. The SMILES string of the molecule is Cl.O=C(O)C1CCN(Cc2ccc([N+](=O)[O-])cc2)C1. The number of carboxylic acid groups (broad SMARTS) is 1. The van der Waals surface area contributed by atoms with Crippen LogP contribution in [-0.4, -0.2) is 34.0 Å². The summed E-state index contributed by atoms with van der Waals surface area (Å²) in [7, 11) is 0. The minimum atomic E-state index is -0.749. The fraction of sp³-hybridized carbons (Fsp3) is 0.417. The number of carboxylic acids is 1. The second-order valence-corrected chi connectivity index (χ2v) is 4.48. The highest BCUT2D eigenvalue weighted by Gasteiger charge is 2.27. The maximum absolute atomic E-state index is 10.8. The Morgan fingerprint density at radius 3 is 2.53 bits per heavy atom. The molecule has 2 rings (SSSR count). The maximum Gasteiger partial charge on any atom is 0.307 e. The van der Waals surface area contributed by atoms with Gasteiger partial charge in [0, 0.05) is 25.2 Å². The van der Waals surface area contributed by atoms with Gasteiger partial charge in [-0.1, -0.05) is 12.1 Å². The lowest BCUT2D eigenvalue weighted by Crippen LogP contribution is -2.22. The van der Waals surface area contributed by atoms with E-state index in [9.17, 15) is 14.9 Å². The van der Waals surface area contributed by atoms with E-state index in [0.29, 0.717) is 19.5 Å². The highest BCUT2D eigenvalue weighted by Crippen LogP contribution is 2.20. The largest absolute Gasteiger partial charge is 0.481 e. The molecule has 0 aliphatic carbocycles. The number of hydrogen-bond donors (Lipinski definition) is 1. The van der Waals surface area contributed by atoms with Gasteiger partial charge in [-0.3, -0.25) is 19.8 Å². The highest BCUT2D eigenvalue weighted by atomic mass is 35.5. The topological polar surface area (TPSA) is 83.7 Å². The van der Waals surface area contributed by atoms with Gasteiger partial charge < -0.3 is 5.11 Å². The van der Waals surface area contributed by atoms with Gasteiger partial charge in [0.25, 0.3) is 5.69 Å². The van der Waals surface area contributed by atoms with Gasteiger partial charge in [0.2, 0.25) is 0 Å². The summed E-state index contributed by atoms with van der Waals surface area (Å²) in [6, 6.07) is 6.37. The normalized spacial score (nSPS) is 18.8. The van der Waals surface area contributed by atoms with Crippen molar-refractivity contribution in [3.8, 4) is 0 Å². The second-order valence-electron chi connectivity index (χ2n) is 4.48. The lowest BCUT2D eigenvalue weighted by Gasteiger charge is -2.14. The standard InChI is InChI=1S/C12H14N2O4.ClH/c15-12(16)10-5-6-13(8-10)7-9-1-3-11(4-2-9)14(17)18;/h1-4,10H,5-8H2,(H,15,16);1H. The number of nitro groups is 1. The third kappa shape index (κ3) is 3.90. The first-order valence-corrected chi connectivity index (χ1v) is 5.75. The summed E-state index contributed by atoms with van der Waals surface area (Å²) in [6.07, 6.45) is 0.669. The van der Waals surface area contributed by atoms with E-state index in [1.54, 1.807) is 12.1 Å². The van der Waals surface area contributed by atoms with Crippen LogP contribution in [0.4, 0.5) is 5.69 Å². The number of aliphatic carboxylic acids is 1. The van der Waals surface area contributed by atoms with Crippen molar-refractivity contribution in [3.05, 3.63) is 39.9 Å². The van der Waals surface area contributed by atoms with Crippen molar-refractivity contribution in [1.82, 2.24) is 4.90 Å². The van der Waals surface area contributed by atoms with Gasteiger partial charge in [-0.25, -0.2) is 0 Å². The number of hydrogen-bond acceptors (Lipinski definition) is 4.